The maximum absolute atomic E-state index is 12.0. The molecule has 0 saturated heterocycles. The van der Waals surface area contributed by atoms with Crippen LogP contribution in [0.2, 0.25) is 0 Å². The van der Waals surface area contributed by atoms with Crippen molar-refractivity contribution in [3.05, 3.63) is 78.2 Å². The van der Waals surface area contributed by atoms with Gasteiger partial charge in [-0.05, 0) is 12.0 Å². The molecule has 3 rings (SSSR count). The van der Waals surface area contributed by atoms with E-state index in [4.69, 9.17) is 10.5 Å². The third-order valence-electron chi connectivity index (χ3n) is 3.92. The fourth-order valence-electron chi connectivity index (χ4n) is 2.49. The Kier molecular flexibility index (Phi) is 5.59. The second kappa shape index (κ2) is 8.26. The highest BCUT2D eigenvalue weighted by atomic mass is 16.5. The van der Waals surface area contributed by atoms with Crippen molar-refractivity contribution in [2.75, 3.05) is 0 Å². The van der Waals surface area contributed by atoms with Crippen molar-refractivity contribution in [3.8, 4) is 11.3 Å². The standard InChI is InChI=1S/C20H21N3O2/c21-17(20(24)25-14-15-7-3-1-4-8-15)11-12-19-22-13-18(23-19)16-9-5-2-6-10-16/h1-10,13,17H,11-12,14,21H2,(H,22,23). The van der Waals surface area contributed by atoms with E-state index in [0.29, 0.717) is 12.8 Å². The Hall–Kier alpha value is -2.92. The number of aryl methyl sites for hydroxylation is 1. The third kappa shape index (κ3) is 4.78. The number of hydrogen-bond donors (Lipinski definition) is 2. The molecule has 5 nitrogen and oxygen atoms in total. The SMILES string of the molecule is NC(CCc1nc(-c2ccccc2)c[nH]1)C(=O)OCc1ccccc1. The van der Waals surface area contributed by atoms with Gasteiger partial charge in [-0.1, -0.05) is 60.7 Å². The largest absolute Gasteiger partial charge is 0.460 e. The minimum Gasteiger partial charge on any atom is -0.460 e. The Balaban J connectivity index is 1.48. The van der Waals surface area contributed by atoms with Crippen LogP contribution in [0, 0.1) is 0 Å². The predicted octanol–water partition coefficient (Wildman–Crippen LogP) is 3.08. The van der Waals surface area contributed by atoms with Gasteiger partial charge in [-0.3, -0.25) is 4.79 Å². The predicted molar refractivity (Wildman–Crippen MR) is 96.6 cm³/mol. The lowest BCUT2D eigenvalue weighted by molar-refractivity contribution is -0.146. The van der Waals surface area contributed by atoms with Crippen molar-refractivity contribution < 1.29 is 9.53 Å². The van der Waals surface area contributed by atoms with Gasteiger partial charge in [-0.25, -0.2) is 4.98 Å². The monoisotopic (exact) mass is 335 g/mol. The molecule has 0 amide bonds. The summed E-state index contributed by atoms with van der Waals surface area (Å²) in [7, 11) is 0. The van der Waals surface area contributed by atoms with Crippen molar-refractivity contribution in [2.24, 2.45) is 5.73 Å². The Morgan fingerprint density at radius 3 is 2.48 bits per heavy atom. The first kappa shape index (κ1) is 16.9. The van der Waals surface area contributed by atoms with Crippen molar-refractivity contribution in [2.45, 2.75) is 25.5 Å². The number of carbonyl (C=O) groups excluding carboxylic acids is 1. The molecule has 0 aliphatic rings. The lowest BCUT2D eigenvalue weighted by Gasteiger charge is -2.10. The number of hydrogen-bond acceptors (Lipinski definition) is 4. The minimum absolute atomic E-state index is 0.242. The van der Waals surface area contributed by atoms with Crippen LogP contribution < -0.4 is 5.73 Å². The highest BCUT2D eigenvalue weighted by Crippen LogP contribution is 2.16. The number of esters is 1. The van der Waals surface area contributed by atoms with Crippen LogP contribution in [0.25, 0.3) is 11.3 Å². The molecule has 0 spiro atoms. The number of rotatable bonds is 7. The van der Waals surface area contributed by atoms with Crippen LogP contribution in [0.3, 0.4) is 0 Å². The van der Waals surface area contributed by atoms with Crippen molar-refractivity contribution in [3.63, 3.8) is 0 Å². The molecule has 2 aromatic carbocycles. The second-order valence-electron chi connectivity index (χ2n) is 5.84. The topological polar surface area (TPSA) is 81.0 Å². The lowest BCUT2D eigenvalue weighted by Crippen LogP contribution is -2.32. The summed E-state index contributed by atoms with van der Waals surface area (Å²) in [5, 5.41) is 0. The highest BCUT2D eigenvalue weighted by Gasteiger charge is 2.16. The zero-order chi connectivity index (χ0) is 17.5. The number of carbonyl (C=O) groups is 1. The molecular formula is C20H21N3O2. The van der Waals surface area contributed by atoms with Crippen molar-refractivity contribution in [1.29, 1.82) is 0 Å². The molecule has 5 heteroatoms. The molecule has 1 heterocycles. The zero-order valence-electron chi connectivity index (χ0n) is 13.9. The molecule has 0 fully saturated rings. The number of nitrogens with zero attached hydrogens (tertiary/aromatic N) is 1. The van der Waals surface area contributed by atoms with Gasteiger partial charge in [0.1, 0.15) is 18.5 Å². The average Bonchev–Trinajstić information content (AvgIpc) is 3.15. The first-order valence-corrected chi connectivity index (χ1v) is 8.28. The van der Waals surface area contributed by atoms with Crippen LogP contribution in [0.15, 0.2) is 66.9 Å². The maximum Gasteiger partial charge on any atom is 0.323 e. The Bertz CT molecular complexity index is 800. The summed E-state index contributed by atoms with van der Waals surface area (Å²) in [6.45, 7) is 0.242. The second-order valence-corrected chi connectivity index (χ2v) is 5.84. The summed E-state index contributed by atoms with van der Waals surface area (Å²) >= 11 is 0. The average molecular weight is 335 g/mol. The van der Waals surface area contributed by atoms with Gasteiger partial charge < -0.3 is 15.5 Å². The molecule has 0 aliphatic heterocycles. The maximum atomic E-state index is 12.0. The molecule has 1 atom stereocenters. The molecule has 128 valence electrons. The van der Waals surface area contributed by atoms with Gasteiger partial charge in [0.15, 0.2) is 0 Å². The number of imidazole rings is 1. The molecule has 0 aliphatic carbocycles. The third-order valence-corrected chi connectivity index (χ3v) is 3.92. The molecule has 3 N–H and O–H groups in total. The highest BCUT2D eigenvalue weighted by molar-refractivity contribution is 5.75. The van der Waals surface area contributed by atoms with Gasteiger partial charge in [-0.2, -0.15) is 0 Å². The van der Waals surface area contributed by atoms with E-state index in [9.17, 15) is 4.79 Å². The van der Waals surface area contributed by atoms with Crippen molar-refractivity contribution in [1.82, 2.24) is 9.97 Å². The van der Waals surface area contributed by atoms with Crippen LogP contribution in [0.4, 0.5) is 0 Å². The van der Waals surface area contributed by atoms with Gasteiger partial charge in [0, 0.05) is 18.2 Å². The number of aromatic nitrogens is 2. The fraction of sp³-hybridized carbons (Fsp3) is 0.200. The van der Waals surface area contributed by atoms with E-state index < -0.39 is 12.0 Å². The van der Waals surface area contributed by atoms with E-state index in [2.05, 4.69) is 9.97 Å². The first-order chi connectivity index (χ1) is 12.2. The number of ether oxygens (including phenoxy) is 1. The van der Waals surface area contributed by atoms with Crippen molar-refractivity contribution >= 4 is 5.97 Å². The molecule has 3 aromatic rings. The summed E-state index contributed by atoms with van der Waals surface area (Å²) < 4.78 is 5.26. The summed E-state index contributed by atoms with van der Waals surface area (Å²) in [5.41, 5.74) is 8.81. The Morgan fingerprint density at radius 1 is 1.08 bits per heavy atom. The summed E-state index contributed by atoms with van der Waals surface area (Å²) in [6.07, 6.45) is 2.94. The minimum atomic E-state index is -0.658. The molecule has 25 heavy (non-hydrogen) atoms. The van der Waals surface area contributed by atoms with Crippen LogP contribution >= 0.6 is 0 Å². The smallest absolute Gasteiger partial charge is 0.323 e. The summed E-state index contributed by atoms with van der Waals surface area (Å²) in [4.78, 5) is 19.7. The number of benzene rings is 2. The van der Waals surface area contributed by atoms with E-state index in [1.54, 1.807) is 0 Å². The summed E-state index contributed by atoms with van der Waals surface area (Å²) in [5.74, 6) is 0.420. The number of aromatic amines is 1. The molecule has 0 radical (unpaired) electrons. The number of nitrogens with one attached hydrogen (secondary N) is 1. The molecule has 1 aromatic heterocycles. The molecule has 0 saturated carbocycles. The van der Waals surface area contributed by atoms with Crippen LogP contribution in [-0.4, -0.2) is 22.0 Å². The Labute approximate surface area is 146 Å². The van der Waals surface area contributed by atoms with Gasteiger partial charge >= 0.3 is 5.97 Å². The number of H-pyrrole nitrogens is 1. The molecule has 0 bridgehead atoms. The summed E-state index contributed by atoms with van der Waals surface area (Å²) in [6, 6.07) is 18.8. The fourth-order valence-corrected chi connectivity index (χ4v) is 2.49. The van der Waals surface area contributed by atoms with E-state index in [-0.39, 0.29) is 6.61 Å². The van der Waals surface area contributed by atoms with E-state index in [1.807, 2.05) is 66.9 Å². The van der Waals surface area contributed by atoms with Crippen LogP contribution in [0.1, 0.15) is 17.8 Å². The molecular weight excluding hydrogens is 314 g/mol. The van der Waals surface area contributed by atoms with E-state index in [1.165, 1.54) is 0 Å². The number of nitrogens with two attached hydrogens (primary N) is 1. The van der Waals surface area contributed by atoms with Gasteiger partial charge in [0.2, 0.25) is 0 Å². The van der Waals surface area contributed by atoms with Gasteiger partial charge in [0.25, 0.3) is 0 Å². The lowest BCUT2D eigenvalue weighted by atomic mass is 10.1. The van der Waals surface area contributed by atoms with Gasteiger partial charge in [0.05, 0.1) is 5.69 Å². The van der Waals surface area contributed by atoms with E-state index in [0.717, 1.165) is 22.6 Å². The van der Waals surface area contributed by atoms with E-state index >= 15 is 0 Å². The normalized spacial score (nSPS) is 11.9. The van der Waals surface area contributed by atoms with Gasteiger partial charge in [-0.15, -0.1) is 0 Å². The quantitative estimate of drug-likeness (QED) is 0.650. The van der Waals surface area contributed by atoms with Crippen LogP contribution in [0.5, 0.6) is 0 Å². The van der Waals surface area contributed by atoms with Crippen LogP contribution in [-0.2, 0) is 22.6 Å². The zero-order valence-corrected chi connectivity index (χ0v) is 13.9. The molecule has 1 unspecified atom stereocenters. The Morgan fingerprint density at radius 2 is 1.76 bits per heavy atom. The first-order valence-electron chi connectivity index (χ1n) is 8.28.